The first-order valence-electron chi connectivity index (χ1n) is 5.76. The van der Waals surface area contributed by atoms with Crippen LogP contribution in [0.1, 0.15) is 17.3 Å². The molecule has 19 heavy (non-hydrogen) atoms. The average Bonchev–Trinajstić information content (AvgIpc) is 2.40. The van der Waals surface area contributed by atoms with Gasteiger partial charge in [-0.05, 0) is 17.9 Å². The average molecular weight is 275 g/mol. The molecule has 0 saturated carbocycles. The van der Waals surface area contributed by atoms with E-state index in [9.17, 15) is 4.79 Å². The number of nitrogens with one attached hydrogen (secondary N) is 1. The Balaban J connectivity index is 2.35. The van der Waals surface area contributed by atoms with Gasteiger partial charge in [0.05, 0.1) is 0 Å². The van der Waals surface area contributed by atoms with Crippen molar-refractivity contribution in [3.05, 3.63) is 42.1 Å². The molecule has 0 fully saturated rings. The number of thioether (sulfide) groups is 1. The summed E-state index contributed by atoms with van der Waals surface area (Å²) in [5, 5.41) is 12.7. The van der Waals surface area contributed by atoms with Crippen LogP contribution in [-0.4, -0.2) is 26.8 Å². The highest BCUT2D eigenvalue weighted by Crippen LogP contribution is 2.21. The molecule has 2 N–H and O–H groups in total. The number of rotatable bonds is 5. The molecule has 0 saturated heterocycles. The standard InChI is InChI=1S/C13H13N3O2S/c1-2-19-13-14-8-10(12(17)18)11(16-13)15-9-6-4-3-5-7-9/h3-8H,2H2,1H3,(H,17,18)(H,14,15,16). The number of aromatic carboxylic acids is 1. The highest BCUT2D eigenvalue weighted by atomic mass is 32.2. The summed E-state index contributed by atoms with van der Waals surface area (Å²) in [6, 6.07) is 9.32. The fourth-order valence-electron chi connectivity index (χ4n) is 1.47. The minimum Gasteiger partial charge on any atom is -0.477 e. The molecule has 5 nitrogen and oxygen atoms in total. The van der Waals surface area contributed by atoms with Gasteiger partial charge >= 0.3 is 5.97 Å². The number of nitrogens with zero attached hydrogens (tertiary/aromatic N) is 2. The molecule has 98 valence electrons. The third kappa shape index (κ3) is 3.45. The van der Waals surface area contributed by atoms with Crippen LogP contribution in [0.4, 0.5) is 11.5 Å². The molecule has 1 aromatic carbocycles. The lowest BCUT2D eigenvalue weighted by Gasteiger charge is -2.09. The monoisotopic (exact) mass is 275 g/mol. The van der Waals surface area contributed by atoms with Crippen molar-refractivity contribution in [2.75, 3.05) is 11.1 Å². The van der Waals surface area contributed by atoms with Crippen molar-refractivity contribution < 1.29 is 9.90 Å². The van der Waals surface area contributed by atoms with Crippen molar-refractivity contribution in [3.8, 4) is 0 Å². The molecular weight excluding hydrogens is 262 g/mol. The van der Waals surface area contributed by atoms with Gasteiger partial charge in [-0.1, -0.05) is 36.9 Å². The molecule has 0 unspecified atom stereocenters. The first kappa shape index (κ1) is 13.4. The molecular formula is C13H13N3O2S. The minimum absolute atomic E-state index is 0.0595. The van der Waals surface area contributed by atoms with Gasteiger partial charge in [-0.2, -0.15) is 0 Å². The number of carboxylic acid groups (broad SMARTS) is 1. The van der Waals surface area contributed by atoms with E-state index in [0.29, 0.717) is 11.0 Å². The first-order chi connectivity index (χ1) is 9.20. The van der Waals surface area contributed by atoms with Gasteiger partial charge in [0.15, 0.2) is 5.16 Å². The second-order valence-corrected chi connectivity index (χ2v) is 4.88. The van der Waals surface area contributed by atoms with Crippen LogP contribution in [0, 0.1) is 0 Å². The van der Waals surface area contributed by atoms with Crippen molar-refractivity contribution in [2.24, 2.45) is 0 Å². The van der Waals surface area contributed by atoms with Crippen molar-refractivity contribution in [1.82, 2.24) is 9.97 Å². The molecule has 0 spiro atoms. The maximum Gasteiger partial charge on any atom is 0.341 e. The van der Waals surface area contributed by atoms with E-state index in [4.69, 9.17) is 5.11 Å². The molecule has 0 bridgehead atoms. The minimum atomic E-state index is -1.05. The Kier molecular flexibility index (Phi) is 4.35. The van der Waals surface area contributed by atoms with Gasteiger partial charge < -0.3 is 10.4 Å². The number of hydrogen-bond donors (Lipinski definition) is 2. The summed E-state index contributed by atoms with van der Waals surface area (Å²) in [5.74, 6) is 0.0909. The molecule has 6 heteroatoms. The lowest BCUT2D eigenvalue weighted by atomic mass is 10.3. The van der Waals surface area contributed by atoms with E-state index >= 15 is 0 Å². The second-order valence-electron chi connectivity index (χ2n) is 3.64. The zero-order chi connectivity index (χ0) is 13.7. The molecule has 0 aliphatic carbocycles. The summed E-state index contributed by atoms with van der Waals surface area (Å²) in [6.07, 6.45) is 1.33. The van der Waals surface area contributed by atoms with Gasteiger partial charge in [-0.3, -0.25) is 0 Å². The number of hydrogen-bond acceptors (Lipinski definition) is 5. The summed E-state index contributed by atoms with van der Waals surface area (Å²) in [4.78, 5) is 19.4. The third-order valence-corrected chi connectivity index (χ3v) is 3.05. The Morgan fingerprint density at radius 2 is 2.11 bits per heavy atom. The summed E-state index contributed by atoms with van der Waals surface area (Å²) in [7, 11) is 0. The summed E-state index contributed by atoms with van der Waals surface area (Å²) >= 11 is 1.47. The van der Waals surface area contributed by atoms with Crippen LogP contribution in [0.25, 0.3) is 0 Å². The highest BCUT2D eigenvalue weighted by Gasteiger charge is 2.13. The van der Waals surface area contributed by atoms with Gasteiger partial charge in [-0.25, -0.2) is 14.8 Å². The van der Waals surface area contributed by atoms with E-state index in [1.54, 1.807) is 0 Å². The van der Waals surface area contributed by atoms with Gasteiger partial charge in [-0.15, -0.1) is 0 Å². The zero-order valence-electron chi connectivity index (χ0n) is 10.3. The Labute approximate surface area is 115 Å². The zero-order valence-corrected chi connectivity index (χ0v) is 11.1. The predicted octanol–water partition coefficient (Wildman–Crippen LogP) is 3.03. The van der Waals surface area contributed by atoms with Crippen molar-refractivity contribution in [1.29, 1.82) is 0 Å². The van der Waals surface area contributed by atoms with Crippen LogP contribution in [0.5, 0.6) is 0 Å². The smallest absolute Gasteiger partial charge is 0.341 e. The summed E-state index contributed by atoms with van der Waals surface area (Å²) in [5.41, 5.74) is 0.848. The maximum absolute atomic E-state index is 11.2. The Morgan fingerprint density at radius 3 is 2.74 bits per heavy atom. The van der Waals surface area contributed by atoms with Crippen LogP contribution in [-0.2, 0) is 0 Å². The molecule has 0 atom stereocenters. The Hall–Kier alpha value is -2.08. The number of para-hydroxylation sites is 1. The Bertz CT molecular complexity index is 575. The van der Waals surface area contributed by atoms with Crippen LogP contribution in [0.15, 0.2) is 41.7 Å². The van der Waals surface area contributed by atoms with Crippen LogP contribution in [0.3, 0.4) is 0 Å². The van der Waals surface area contributed by atoms with Gasteiger partial charge in [0.25, 0.3) is 0 Å². The van der Waals surface area contributed by atoms with E-state index < -0.39 is 5.97 Å². The van der Waals surface area contributed by atoms with Gasteiger partial charge in [0, 0.05) is 11.9 Å². The predicted molar refractivity (Wildman–Crippen MR) is 75.1 cm³/mol. The Morgan fingerprint density at radius 1 is 1.37 bits per heavy atom. The molecule has 0 amide bonds. The molecule has 0 radical (unpaired) electrons. The van der Waals surface area contributed by atoms with Crippen molar-refractivity contribution in [3.63, 3.8) is 0 Å². The molecule has 1 aromatic heterocycles. The normalized spacial score (nSPS) is 10.2. The van der Waals surface area contributed by atoms with Crippen molar-refractivity contribution in [2.45, 2.75) is 12.1 Å². The molecule has 2 aromatic rings. The van der Waals surface area contributed by atoms with Gasteiger partial charge in [0.1, 0.15) is 11.4 Å². The maximum atomic E-state index is 11.2. The molecule has 2 rings (SSSR count). The fraction of sp³-hybridized carbons (Fsp3) is 0.154. The summed E-state index contributed by atoms with van der Waals surface area (Å²) < 4.78 is 0. The quantitative estimate of drug-likeness (QED) is 0.645. The van der Waals surface area contributed by atoms with Crippen LogP contribution < -0.4 is 5.32 Å². The lowest BCUT2D eigenvalue weighted by molar-refractivity contribution is 0.0697. The van der Waals surface area contributed by atoms with E-state index in [1.165, 1.54) is 18.0 Å². The number of benzene rings is 1. The van der Waals surface area contributed by atoms with Crippen LogP contribution >= 0.6 is 11.8 Å². The van der Waals surface area contributed by atoms with Gasteiger partial charge in [0.2, 0.25) is 0 Å². The van der Waals surface area contributed by atoms with E-state index in [1.807, 2.05) is 37.3 Å². The highest BCUT2D eigenvalue weighted by molar-refractivity contribution is 7.99. The number of carbonyl (C=O) groups is 1. The number of aromatic nitrogens is 2. The molecule has 0 aliphatic heterocycles. The van der Waals surface area contributed by atoms with Crippen LogP contribution in [0.2, 0.25) is 0 Å². The lowest BCUT2D eigenvalue weighted by Crippen LogP contribution is -2.07. The molecule has 0 aliphatic rings. The summed E-state index contributed by atoms with van der Waals surface area (Å²) in [6.45, 7) is 1.99. The van der Waals surface area contributed by atoms with E-state index in [-0.39, 0.29) is 5.56 Å². The topological polar surface area (TPSA) is 75.1 Å². The number of carboxylic acids is 1. The fourth-order valence-corrected chi connectivity index (χ4v) is 2.02. The van der Waals surface area contributed by atoms with E-state index in [0.717, 1.165) is 11.4 Å². The first-order valence-corrected chi connectivity index (χ1v) is 6.74. The largest absolute Gasteiger partial charge is 0.477 e. The molecule has 1 heterocycles. The second kappa shape index (κ2) is 6.19. The SMILES string of the molecule is CCSc1ncc(C(=O)O)c(Nc2ccccc2)n1. The van der Waals surface area contributed by atoms with Crippen molar-refractivity contribution >= 4 is 29.2 Å². The van der Waals surface area contributed by atoms with E-state index in [2.05, 4.69) is 15.3 Å². The number of anilines is 2. The third-order valence-electron chi connectivity index (χ3n) is 2.31.